The van der Waals surface area contributed by atoms with Gasteiger partial charge < -0.3 is 10.1 Å². The monoisotopic (exact) mass is 236 g/mol. The van der Waals surface area contributed by atoms with E-state index in [1.54, 1.807) is 6.07 Å². The van der Waals surface area contributed by atoms with Crippen molar-refractivity contribution in [3.05, 3.63) is 24.1 Å². The summed E-state index contributed by atoms with van der Waals surface area (Å²) in [6.45, 7) is 1.52. The summed E-state index contributed by atoms with van der Waals surface area (Å²) in [6, 6.07) is 2.97. The van der Waals surface area contributed by atoms with E-state index in [9.17, 15) is 4.39 Å². The number of rotatable bonds is 3. The highest BCUT2D eigenvalue weighted by Crippen LogP contribution is 2.13. The van der Waals surface area contributed by atoms with E-state index in [4.69, 9.17) is 4.74 Å². The molecular formula is C11H13FN4O. The second kappa shape index (κ2) is 4.29. The molecule has 0 aromatic carbocycles. The van der Waals surface area contributed by atoms with Gasteiger partial charge in [0.25, 0.3) is 0 Å². The lowest BCUT2D eigenvalue weighted by Crippen LogP contribution is -2.18. The number of hydrogen-bond donors (Lipinski definition) is 1. The molecule has 17 heavy (non-hydrogen) atoms. The molecule has 1 unspecified atom stereocenters. The van der Waals surface area contributed by atoms with E-state index in [1.807, 2.05) is 0 Å². The van der Waals surface area contributed by atoms with Crippen molar-refractivity contribution in [1.29, 1.82) is 0 Å². The fourth-order valence-corrected chi connectivity index (χ4v) is 1.94. The Morgan fingerprint density at radius 1 is 1.53 bits per heavy atom. The normalized spacial score (nSPS) is 19.9. The summed E-state index contributed by atoms with van der Waals surface area (Å²) in [6.07, 6.45) is 3.71. The van der Waals surface area contributed by atoms with Crippen molar-refractivity contribution in [2.24, 2.45) is 0 Å². The van der Waals surface area contributed by atoms with Crippen LogP contribution in [0.2, 0.25) is 0 Å². The van der Waals surface area contributed by atoms with Gasteiger partial charge in [0.2, 0.25) is 5.95 Å². The molecule has 2 aromatic heterocycles. The maximum atomic E-state index is 12.9. The first kappa shape index (κ1) is 10.5. The molecule has 1 N–H and O–H groups in total. The van der Waals surface area contributed by atoms with Crippen LogP contribution in [-0.4, -0.2) is 33.9 Å². The molecule has 0 aliphatic carbocycles. The SMILES string of the molecule is Fc1ccc2nc(NCC3CCCO3)nn2c1. The van der Waals surface area contributed by atoms with E-state index < -0.39 is 0 Å². The lowest BCUT2D eigenvalue weighted by molar-refractivity contribution is 0.120. The number of nitrogens with zero attached hydrogens (tertiary/aromatic N) is 3. The molecule has 0 radical (unpaired) electrons. The van der Waals surface area contributed by atoms with Crippen LogP contribution in [-0.2, 0) is 4.74 Å². The van der Waals surface area contributed by atoms with Gasteiger partial charge in [0.15, 0.2) is 5.65 Å². The quantitative estimate of drug-likeness (QED) is 0.876. The highest BCUT2D eigenvalue weighted by Gasteiger charge is 2.15. The topological polar surface area (TPSA) is 51.5 Å². The van der Waals surface area contributed by atoms with Crippen molar-refractivity contribution < 1.29 is 9.13 Å². The first-order valence-corrected chi connectivity index (χ1v) is 5.69. The van der Waals surface area contributed by atoms with Gasteiger partial charge in [-0.2, -0.15) is 4.98 Å². The first-order valence-electron chi connectivity index (χ1n) is 5.69. The Morgan fingerprint density at radius 3 is 3.29 bits per heavy atom. The molecule has 5 nitrogen and oxygen atoms in total. The average Bonchev–Trinajstić information content (AvgIpc) is 2.94. The molecule has 0 amide bonds. The Kier molecular flexibility index (Phi) is 2.64. The molecule has 0 bridgehead atoms. The van der Waals surface area contributed by atoms with Crippen molar-refractivity contribution in [2.75, 3.05) is 18.5 Å². The summed E-state index contributed by atoms with van der Waals surface area (Å²) in [5, 5.41) is 7.24. The fourth-order valence-electron chi connectivity index (χ4n) is 1.94. The molecule has 3 heterocycles. The Bertz CT molecular complexity index is 521. The van der Waals surface area contributed by atoms with E-state index in [0.29, 0.717) is 18.1 Å². The van der Waals surface area contributed by atoms with Crippen LogP contribution in [0.5, 0.6) is 0 Å². The third-order valence-electron chi connectivity index (χ3n) is 2.81. The number of halogens is 1. The lowest BCUT2D eigenvalue weighted by atomic mass is 10.2. The van der Waals surface area contributed by atoms with Gasteiger partial charge in [0.05, 0.1) is 12.3 Å². The van der Waals surface area contributed by atoms with Crippen LogP contribution in [0.15, 0.2) is 18.3 Å². The molecular weight excluding hydrogens is 223 g/mol. The zero-order chi connectivity index (χ0) is 11.7. The zero-order valence-electron chi connectivity index (χ0n) is 9.27. The highest BCUT2D eigenvalue weighted by molar-refractivity contribution is 5.43. The van der Waals surface area contributed by atoms with Gasteiger partial charge in [-0.25, -0.2) is 8.91 Å². The van der Waals surface area contributed by atoms with Crippen molar-refractivity contribution >= 4 is 11.6 Å². The number of hydrogen-bond acceptors (Lipinski definition) is 4. The number of pyridine rings is 1. The van der Waals surface area contributed by atoms with Crippen LogP contribution in [0, 0.1) is 5.82 Å². The summed E-state index contributed by atoms with van der Waals surface area (Å²) in [5.74, 6) is 0.180. The minimum atomic E-state index is -0.326. The minimum absolute atomic E-state index is 0.235. The smallest absolute Gasteiger partial charge is 0.243 e. The first-order chi connectivity index (χ1) is 8.31. The third kappa shape index (κ3) is 2.21. The zero-order valence-corrected chi connectivity index (χ0v) is 9.27. The fraction of sp³-hybridized carbons (Fsp3) is 0.455. The predicted octanol–water partition coefficient (Wildman–Crippen LogP) is 1.46. The van der Waals surface area contributed by atoms with Gasteiger partial charge in [0, 0.05) is 13.2 Å². The Hall–Kier alpha value is -1.69. The summed E-state index contributed by atoms with van der Waals surface area (Å²) in [5.41, 5.74) is 0.626. The predicted molar refractivity (Wildman–Crippen MR) is 60.4 cm³/mol. The van der Waals surface area contributed by atoms with Gasteiger partial charge >= 0.3 is 0 Å². The van der Waals surface area contributed by atoms with Crippen LogP contribution < -0.4 is 5.32 Å². The maximum Gasteiger partial charge on any atom is 0.243 e. The molecule has 1 aliphatic heterocycles. The largest absolute Gasteiger partial charge is 0.376 e. The molecule has 6 heteroatoms. The van der Waals surface area contributed by atoms with Gasteiger partial charge in [-0.1, -0.05) is 0 Å². The summed E-state index contributed by atoms with van der Waals surface area (Å²) in [7, 11) is 0. The van der Waals surface area contributed by atoms with E-state index in [2.05, 4.69) is 15.4 Å². The van der Waals surface area contributed by atoms with E-state index in [-0.39, 0.29) is 11.9 Å². The van der Waals surface area contributed by atoms with Crippen molar-refractivity contribution in [3.8, 4) is 0 Å². The maximum absolute atomic E-state index is 12.9. The van der Waals surface area contributed by atoms with Gasteiger partial charge in [-0.15, -0.1) is 5.10 Å². The van der Waals surface area contributed by atoms with Crippen molar-refractivity contribution in [3.63, 3.8) is 0 Å². The molecule has 1 saturated heterocycles. The molecule has 1 fully saturated rings. The van der Waals surface area contributed by atoms with Crippen molar-refractivity contribution in [2.45, 2.75) is 18.9 Å². The summed E-state index contributed by atoms with van der Waals surface area (Å²) >= 11 is 0. The highest BCUT2D eigenvalue weighted by atomic mass is 19.1. The van der Waals surface area contributed by atoms with E-state index >= 15 is 0 Å². The number of aromatic nitrogens is 3. The number of fused-ring (bicyclic) bond motifs is 1. The second-order valence-electron chi connectivity index (χ2n) is 4.10. The summed E-state index contributed by atoms with van der Waals surface area (Å²) in [4.78, 5) is 4.23. The summed E-state index contributed by atoms with van der Waals surface area (Å²) < 4.78 is 19.9. The Labute approximate surface area is 97.6 Å². The molecule has 3 rings (SSSR count). The Balaban J connectivity index is 1.72. The van der Waals surface area contributed by atoms with Gasteiger partial charge in [0.1, 0.15) is 5.82 Å². The number of anilines is 1. The van der Waals surface area contributed by atoms with Crippen LogP contribution in [0.4, 0.5) is 10.3 Å². The second-order valence-corrected chi connectivity index (χ2v) is 4.10. The third-order valence-corrected chi connectivity index (χ3v) is 2.81. The molecule has 1 aliphatic rings. The number of nitrogens with one attached hydrogen (secondary N) is 1. The number of ether oxygens (including phenoxy) is 1. The van der Waals surface area contributed by atoms with Crippen LogP contribution in [0.1, 0.15) is 12.8 Å². The molecule has 0 saturated carbocycles. The van der Waals surface area contributed by atoms with Gasteiger partial charge in [-0.05, 0) is 25.0 Å². The van der Waals surface area contributed by atoms with Crippen LogP contribution in [0.25, 0.3) is 5.65 Å². The van der Waals surface area contributed by atoms with Gasteiger partial charge in [-0.3, -0.25) is 0 Å². The molecule has 1 atom stereocenters. The Morgan fingerprint density at radius 2 is 2.47 bits per heavy atom. The van der Waals surface area contributed by atoms with Crippen LogP contribution >= 0.6 is 0 Å². The van der Waals surface area contributed by atoms with Crippen molar-refractivity contribution in [1.82, 2.24) is 14.6 Å². The average molecular weight is 236 g/mol. The molecule has 0 spiro atoms. The van der Waals surface area contributed by atoms with Crippen LogP contribution in [0.3, 0.4) is 0 Å². The molecule has 90 valence electrons. The van der Waals surface area contributed by atoms with E-state index in [1.165, 1.54) is 16.8 Å². The lowest BCUT2D eigenvalue weighted by Gasteiger charge is -2.08. The standard InChI is InChI=1S/C11H13FN4O/c12-8-3-4-10-14-11(15-16(10)7-8)13-6-9-2-1-5-17-9/h3-4,7,9H,1-2,5-6H2,(H,13,15). The minimum Gasteiger partial charge on any atom is -0.376 e. The molecule has 2 aromatic rings. The van der Waals surface area contributed by atoms with E-state index in [0.717, 1.165) is 19.4 Å².